The van der Waals surface area contributed by atoms with Crippen molar-refractivity contribution in [3.63, 3.8) is 0 Å². The Morgan fingerprint density at radius 3 is 2.59 bits per heavy atom. The number of allylic oxidation sites excluding steroid dienone is 1. The highest BCUT2D eigenvalue weighted by Gasteiger charge is 2.31. The Balaban J connectivity index is 1.60. The molecule has 3 aromatic rings. The number of aryl methyl sites for hydroxylation is 1. The van der Waals surface area contributed by atoms with E-state index in [-0.39, 0.29) is 17.3 Å². The number of fused-ring (bicyclic) bond motifs is 1. The number of benzene rings is 3. The van der Waals surface area contributed by atoms with Crippen LogP contribution in [-0.2, 0) is 4.79 Å². The van der Waals surface area contributed by atoms with E-state index >= 15 is 0 Å². The summed E-state index contributed by atoms with van der Waals surface area (Å²) in [5.41, 5.74) is 2.38. The molecule has 32 heavy (non-hydrogen) atoms. The van der Waals surface area contributed by atoms with E-state index in [9.17, 15) is 9.59 Å². The van der Waals surface area contributed by atoms with Crippen molar-refractivity contribution in [1.29, 1.82) is 0 Å². The summed E-state index contributed by atoms with van der Waals surface area (Å²) in [6, 6.07) is 17.5. The van der Waals surface area contributed by atoms with Crippen LogP contribution in [0.3, 0.4) is 0 Å². The number of halogens is 2. The van der Waals surface area contributed by atoms with Gasteiger partial charge < -0.3 is 14.2 Å². The lowest BCUT2D eigenvalue weighted by atomic mass is 10.0. The molecule has 4 rings (SSSR count). The van der Waals surface area contributed by atoms with E-state index in [1.54, 1.807) is 56.5 Å². The summed E-state index contributed by atoms with van der Waals surface area (Å²) in [5, 5.41) is -0.952. The number of esters is 1. The van der Waals surface area contributed by atoms with Crippen molar-refractivity contribution in [2.24, 2.45) is 0 Å². The van der Waals surface area contributed by atoms with Gasteiger partial charge in [-0.15, -0.1) is 11.6 Å². The van der Waals surface area contributed by atoms with E-state index in [1.807, 2.05) is 18.2 Å². The number of carbonyl (C=O) groups is 2. The van der Waals surface area contributed by atoms with Crippen LogP contribution in [0.4, 0.5) is 0 Å². The van der Waals surface area contributed by atoms with Gasteiger partial charge in [0.2, 0.25) is 5.78 Å². The summed E-state index contributed by atoms with van der Waals surface area (Å²) in [4.78, 5) is 25.5. The van der Waals surface area contributed by atoms with Gasteiger partial charge in [-0.05, 0) is 48.4 Å². The number of Topliss-reactive ketones (excluding diaryl/α,β-unsaturated/α-hetero) is 1. The zero-order valence-electron chi connectivity index (χ0n) is 17.2. The SMILES string of the molecule is COc1ccc(Br)cc1/C=C1\Oc2cc(OC(=O)C(Cl)c3ccccc3)cc(C)c2C1=O. The molecule has 5 nitrogen and oxygen atoms in total. The standard InChI is InChI=1S/C25H18BrClO5/c1-14-10-18(31-25(29)23(27)15-6-4-3-5-7-15)13-20-22(14)24(28)21(32-20)12-16-11-17(26)8-9-19(16)30-2/h3-13,23H,1-2H3/b21-12-. The summed E-state index contributed by atoms with van der Waals surface area (Å²) < 4.78 is 17.5. The van der Waals surface area contributed by atoms with Crippen LogP contribution in [0.2, 0.25) is 0 Å². The number of ketones is 1. The number of hydrogen-bond acceptors (Lipinski definition) is 5. The van der Waals surface area contributed by atoms with Crippen molar-refractivity contribution < 1.29 is 23.8 Å². The molecule has 0 fully saturated rings. The second-order valence-corrected chi connectivity index (χ2v) is 8.49. The molecule has 0 bridgehead atoms. The van der Waals surface area contributed by atoms with Crippen molar-refractivity contribution in [3.05, 3.63) is 93.1 Å². The quantitative estimate of drug-likeness (QED) is 0.174. The molecule has 162 valence electrons. The molecule has 0 saturated heterocycles. The number of carbonyl (C=O) groups excluding carboxylic acids is 2. The number of alkyl halides is 1. The molecular weight excluding hydrogens is 496 g/mol. The fourth-order valence-electron chi connectivity index (χ4n) is 3.42. The zero-order valence-corrected chi connectivity index (χ0v) is 19.6. The first kappa shape index (κ1) is 22.1. The summed E-state index contributed by atoms with van der Waals surface area (Å²) >= 11 is 9.68. The smallest absolute Gasteiger partial charge is 0.334 e. The van der Waals surface area contributed by atoms with Gasteiger partial charge in [-0.3, -0.25) is 4.79 Å². The molecule has 0 radical (unpaired) electrons. The maximum Gasteiger partial charge on any atom is 0.334 e. The molecule has 0 N–H and O–H groups in total. The molecule has 1 atom stereocenters. The third-order valence-corrected chi connectivity index (χ3v) is 5.86. The van der Waals surface area contributed by atoms with Crippen LogP contribution in [-0.4, -0.2) is 18.9 Å². The van der Waals surface area contributed by atoms with Crippen molar-refractivity contribution >= 4 is 45.4 Å². The molecule has 3 aromatic carbocycles. The van der Waals surface area contributed by atoms with Gasteiger partial charge in [0.05, 0.1) is 12.7 Å². The fraction of sp³-hybridized carbons (Fsp3) is 0.120. The molecule has 0 amide bonds. The minimum absolute atomic E-state index is 0.155. The van der Waals surface area contributed by atoms with E-state index in [1.165, 1.54) is 6.07 Å². The van der Waals surface area contributed by atoms with Gasteiger partial charge in [0.25, 0.3) is 0 Å². The molecule has 1 unspecified atom stereocenters. The monoisotopic (exact) mass is 512 g/mol. The van der Waals surface area contributed by atoms with Crippen LogP contribution >= 0.6 is 27.5 Å². The van der Waals surface area contributed by atoms with E-state index in [0.717, 1.165) is 4.47 Å². The first-order valence-corrected chi connectivity index (χ1v) is 10.9. The molecule has 1 aliphatic heterocycles. The van der Waals surface area contributed by atoms with E-state index in [4.69, 9.17) is 25.8 Å². The van der Waals surface area contributed by atoms with Crippen LogP contribution < -0.4 is 14.2 Å². The van der Waals surface area contributed by atoms with Crippen molar-refractivity contribution in [2.45, 2.75) is 12.3 Å². The summed E-state index contributed by atoms with van der Waals surface area (Å²) in [6.07, 6.45) is 1.63. The van der Waals surface area contributed by atoms with Crippen LogP contribution in [0.25, 0.3) is 6.08 Å². The Labute approximate surface area is 198 Å². The van der Waals surface area contributed by atoms with Crippen LogP contribution in [0.1, 0.15) is 32.4 Å². The van der Waals surface area contributed by atoms with Gasteiger partial charge in [0.1, 0.15) is 17.2 Å². The maximum absolute atomic E-state index is 13.0. The highest BCUT2D eigenvalue weighted by molar-refractivity contribution is 9.10. The van der Waals surface area contributed by atoms with Gasteiger partial charge in [-0.1, -0.05) is 46.3 Å². The molecular formula is C25H18BrClO5. The van der Waals surface area contributed by atoms with Crippen molar-refractivity contribution in [1.82, 2.24) is 0 Å². The van der Waals surface area contributed by atoms with Crippen LogP contribution in [0.5, 0.6) is 17.2 Å². The number of ether oxygens (including phenoxy) is 3. The fourth-order valence-corrected chi connectivity index (χ4v) is 3.99. The predicted molar refractivity (Wildman–Crippen MR) is 125 cm³/mol. The van der Waals surface area contributed by atoms with Gasteiger partial charge in [0, 0.05) is 16.1 Å². The molecule has 1 heterocycles. The van der Waals surface area contributed by atoms with E-state index < -0.39 is 11.3 Å². The minimum atomic E-state index is -0.952. The minimum Gasteiger partial charge on any atom is -0.496 e. The summed E-state index contributed by atoms with van der Waals surface area (Å²) in [7, 11) is 1.56. The average molecular weight is 514 g/mol. The molecule has 0 spiro atoms. The Morgan fingerprint density at radius 2 is 1.88 bits per heavy atom. The van der Waals surface area contributed by atoms with E-state index in [0.29, 0.717) is 33.8 Å². The summed E-state index contributed by atoms with van der Waals surface area (Å²) in [6.45, 7) is 1.76. The number of methoxy groups -OCH3 is 1. The second kappa shape index (κ2) is 9.18. The summed E-state index contributed by atoms with van der Waals surface area (Å²) in [5.74, 6) is 0.467. The zero-order chi connectivity index (χ0) is 22.8. The number of rotatable bonds is 5. The largest absolute Gasteiger partial charge is 0.496 e. The van der Waals surface area contributed by atoms with E-state index in [2.05, 4.69) is 15.9 Å². The van der Waals surface area contributed by atoms with Crippen molar-refractivity contribution in [2.75, 3.05) is 7.11 Å². The lowest BCUT2D eigenvalue weighted by molar-refractivity contribution is -0.134. The highest BCUT2D eigenvalue weighted by Crippen LogP contribution is 2.39. The average Bonchev–Trinajstić information content (AvgIpc) is 3.09. The first-order chi connectivity index (χ1) is 15.4. The third-order valence-electron chi connectivity index (χ3n) is 4.94. The normalized spacial score (nSPS) is 14.6. The lowest BCUT2D eigenvalue weighted by Gasteiger charge is -2.11. The lowest BCUT2D eigenvalue weighted by Crippen LogP contribution is -2.14. The molecule has 7 heteroatoms. The topological polar surface area (TPSA) is 61.8 Å². The molecule has 0 aliphatic carbocycles. The molecule has 0 aromatic heterocycles. The molecule has 0 saturated carbocycles. The van der Waals surface area contributed by atoms with Crippen LogP contribution in [0.15, 0.2) is 70.9 Å². The highest BCUT2D eigenvalue weighted by atomic mass is 79.9. The molecule has 1 aliphatic rings. The Morgan fingerprint density at radius 1 is 1.12 bits per heavy atom. The number of hydrogen-bond donors (Lipinski definition) is 0. The third kappa shape index (κ3) is 4.42. The first-order valence-electron chi connectivity index (χ1n) is 9.70. The Bertz CT molecular complexity index is 1240. The predicted octanol–water partition coefficient (Wildman–Crippen LogP) is 6.27. The van der Waals surface area contributed by atoms with Gasteiger partial charge in [-0.25, -0.2) is 4.79 Å². The van der Waals surface area contributed by atoms with Gasteiger partial charge >= 0.3 is 5.97 Å². The Kier molecular flexibility index (Phi) is 6.35. The van der Waals surface area contributed by atoms with Gasteiger partial charge in [-0.2, -0.15) is 0 Å². The van der Waals surface area contributed by atoms with Gasteiger partial charge in [0.15, 0.2) is 11.1 Å². The Hall–Kier alpha value is -3.09. The second-order valence-electron chi connectivity index (χ2n) is 7.13. The van der Waals surface area contributed by atoms with Crippen LogP contribution in [0, 0.1) is 6.92 Å². The maximum atomic E-state index is 13.0. The van der Waals surface area contributed by atoms with Crippen molar-refractivity contribution in [3.8, 4) is 17.2 Å².